The highest BCUT2D eigenvalue weighted by Crippen LogP contribution is 2.36. The fourth-order valence-electron chi connectivity index (χ4n) is 3.82. The van der Waals surface area contributed by atoms with Crippen molar-refractivity contribution in [1.82, 2.24) is 0 Å². The predicted octanol–water partition coefficient (Wildman–Crippen LogP) is 0.466. The van der Waals surface area contributed by atoms with E-state index < -0.39 is 11.1 Å². The molecule has 0 amide bonds. The maximum Gasteiger partial charge on any atom is 0.294 e. The Hall–Kier alpha value is -2.28. The zero-order valence-electron chi connectivity index (χ0n) is 12.1. The summed E-state index contributed by atoms with van der Waals surface area (Å²) >= 11 is 0. The summed E-state index contributed by atoms with van der Waals surface area (Å²) in [6, 6.07) is 9.62. The van der Waals surface area contributed by atoms with E-state index in [2.05, 4.69) is 0 Å². The van der Waals surface area contributed by atoms with Crippen molar-refractivity contribution in [3.05, 3.63) is 68.3 Å². The molecule has 1 aliphatic carbocycles. The summed E-state index contributed by atoms with van der Waals surface area (Å²) in [4.78, 5) is 23.4. The number of nitrogens with zero attached hydrogens (tertiary/aromatic N) is 2. The molecule has 7 nitrogen and oxygen atoms in total. The number of benzene rings is 1. The number of hydrogen-bond donors (Lipinski definition) is 1. The average molecular weight is 304 g/mol. The van der Waals surface area contributed by atoms with Crippen LogP contribution in [-0.2, 0) is 6.54 Å². The molecule has 1 aromatic carbocycles. The number of nitrogens with one attached hydrogen (secondary N) is 1. The Kier molecular flexibility index (Phi) is 3.44. The fourth-order valence-corrected chi connectivity index (χ4v) is 3.82. The van der Waals surface area contributed by atoms with E-state index in [0.717, 1.165) is 10.5 Å². The number of piperidine rings is 1. The van der Waals surface area contributed by atoms with Crippen LogP contribution in [0.25, 0.3) is 0 Å². The van der Waals surface area contributed by atoms with Gasteiger partial charge in [0.25, 0.3) is 11.1 Å². The minimum Gasteiger partial charge on any atom is -0.319 e. The fraction of sp³-hybridized carbons (Fsp3) is 0.467. The molecule has 0 aromatic heterocycles. The predicted molar refractivity (Wildman–Crippen MR) is 78.7 cm³/mol. The average Bonchev–Trinajstić information content (AvgIpc) is 2.47. The Bertz CT molecular complexity index is 633. The number of nitro groups is 2. The van der Waals surface area contributed by atoms with E-state index in [0.29, 0.717) is 19.6 Å². The minimum atomic E-state index is -1.31. The summed E-state index contributed by atoms with van der Waals surface area (Å²) in [5, 5.41) is 23.2. The van der Waals surface area contributed by atoms with Gasteiger partial charge in [-0.3, -0.25) is 20.2 Å². The van der Waals surface area contributed by atoms with Gasteiger partial charge >= 0.3 is 0 Å². The third-order valence-electron chi connectivity index (χ3n) is 4.74. The first-order valence-corrected chi connectivity index (χ1v) is 7.30. The van der Waals surface area contributed by atoms with Crippen molar-refractivity contribution in [2.24, 2.45) is 0 Å². The Morgan fingerprint density at radius 2 is 1.82 bits per heavy atom. The van der Waals surface area contributed by atoms with Crippen molar-refractivity contribution in [3.8, 4) is 0 Å². The van der Waals surface area contributed by atoms with E-state index in [-0.39, 0.29) is 22.7 Å². The van der Waals surface area contributed by atoms with Crippen molar-refractivity contribution in [3.63, 3.8) is 0 Å². The molecule has 7 heteroatoms. The molecule has 0 radical (unpaired) electrons. The lowest BCUT2D eigenvalue weighted by Crippen LogP contribution is -3.17. The monoisotopic (exact) mass is 304 g/mol. The van der Waals surface area contributed by atoms with Crippen LogP contribution >= 0.6 is 0 Å². The summed E-state index contributed by atoms with van der Waals surface area (Å²) in [6.45, 7) is 1.19. The molecule has 22 heavy (non-hydrogen) atoms. The Morgan fingerprint density at radius 3 is 2.45 bits per heavy atom. The summed E-state index contributed by atoms with van der Waals surface area (Å²) in [5.41, 5.74) is -1.49. The van der Waals surface area contributed by atoms with Gasteiger partial charge < -0.3 is 4.90 Å². The minimum absolute atomic E-state index is 0.00517. The van der Waals surface area contributed by atoms with Gasteiger partial charge in [0.2, 0.25) is 0 Å². The lowest BCUT2D eigenvalue weighted by atomic mass is 9.72. The molecule has 3 rings (SSSR count). The number of rotatable bonds is 4. The largest absolute Gasteiger partial charge is 0.319 e. The van der Waals surface area contributed by atoms with Crippen LogP contribution in [0.3, 0.4) is 0 Å². The smallest absolute Gasteiger partial charge is 0.294 e. The quantitative estimate of drug-likeness (QED) is 0.497. The van der Waals surface area contributed by atoms with Crippen LogP contribution in [0.1, 0.15) is 18.4 Å². The van der Waals surface area contributed by atoms with E-state index >= 15 is 0 Å². The first-order chi connectivity index (χ1) is 10.5. The van der Waals surface area contributed by atoms with Crippen LogP contribution in [0.2, 0.25) is 0 Å². The van der Waals surface area contributed by atoms with E-state index in [4.69, 9.17) is 0 Å². The third kappa shape index (κ3) is 2.37. The van der Waals surface area contributed by atoms with Gasteiger partial charge in [-0.25, -0.2) is 0 Å². The highest BCUT2D eigenvalue weighted by atomic mass is 16.6. The Labute approximate surface area is 127 Å². The van der Waals surface area contributed by atoms with Crippen LogP contribution in [0.5, 0.6) is 0 Å². The molecule has 0 spiro atoms. The van der Waals surface area contributed by atoms with Gasteiger partial charge in [-0.05, 0) is 6.08 Å². The van der Waals surface area contributed by atoms with Gasteiger partial charge in [0.15, 0.2) is 6.54 Å². The first kappa shape index (κ1) is 14.6. The van der Waals surface area contributed by atoms with Crippen molar-refractivity contribution >= 4 is 0 Å². The Morgan fingerprint density at radius 1 is 1.09 bits per heavy atom. The maximum atomic E-state index is 11.6. The van der Waals surface area contributed by atoms with E-state index in [9.17, 15) is 20.2 Å². The molecule has 2 bridgehead atoms. The second-order valence-electron chi connectivity index (χ2n) is 6.39. The number of quaternary nitrogens is 1. The molecule has 1 saturated heterocycles. The molecular weight excluding hydrogens is 286 g/mol. The molecule has 1 aromatic rings. The summed E-state index contributed by atoms with van der Waals surface area (Å²) < 4.78 is 0. The zero-order valence-corrected chi connectivity index (χ0v) is 12.1. The molecule has 0 saturated carbocycles. The van der Waals surface area contributed by atoms with Gasteiger partial charge in [-0.15, -0.1) is 0 Å². The van der Waals surface area contributed by atoms with Crippen LogP contribution in [0.15, 0.2) is 42.5 Å². The molecule has 2 aliphatic rings. The molecule has 3 atom stereocenters. The molecule has 116 valence electrons. The van der Waals surface area contributed by atoms with Crippen molar-refractivity contribution in [1.29, 1.82) is 0 Å². The molecule has 1 N–H and O–H groups in total. The van der Waals surface area contributed by atoms with Crippen LogP contribution in [0, 0.1) is 20.2 Å². The highest BCUT2D eigenvalue weighted by molar-refractivity contribution is 5.16. The van der Waals surface area contributed by atoms with E-state index in [1.54, 1.807) is 12.2 Å². The topological polar surface area (TPSA) is 90.7 Å². The van der Waals surface area contributed by atoms with Gasteiger partial charge in [-0.1, -0.05) is 36.4 Å². The van der Waals surface area contributed by atoms with Crippen LogP contribution in [0.4, 0.5) is 0 Å². The summed E-state index contributed by atoms with van der Waals surface area (Å²) in [6.07, 6.45) is 3.45. The molecular formula is C15H18N3O4+. The van der Waals surface area contributed by atoms with Crippen molar-refractivity contribution in [2.45, 2.75) is 30.5 Å². The van der Waals surface area contributed by atoms with Crippen molar-refractivity contribution < 1.29 is 14.7 Å². The summed E-state index contributed by atoms with van der Waals surface area (Å²) in [5.74, 6) is 0. The maximum absolute atomic E-state index is 11.6. The van der Waals surface area contributed by atoms with Crippen LogP contribution in [-0.4, -0.2) is 34.0 Å². The molecule has 1 fully saturated rings. The normalized spacial score (nSPS) is 33.4. The second-order valence-corrected chi connectivity index (χ2v) is 6.39. The van der Waals surface area contributed by atoms with Gasteiger partial charge in [-0.2, -0.15) is 0 Å². The highest BCUT2D eigenvalue weighted by Gasteiger charge is 2.65. The zero-order chi connectivity index (χ0) is 15.8. The molecule has 1 aliphatic heterocycles. The lowest BCUT2D eigenvalue weighted by molar-refractivity contribution is -0.954. The third-order valence-corrected chi connectivity index (χ3v) is 4.74. The molecule has 1 unspecified atom stereocenters. The van der Waals surface area contributed by atoms with Gasteiger partial charge in [0.1, 0.15) is 19.5 Å². The second kappa shape index (κ2) is 5.17. The Balaban J connectivity index is 1.92. The van der Waals surface area contributed by atoms with Gasteiger partial charge in [0, 0.05) is 21.8 Å². The number of likely N-dealkylation sites (tertiary alicyclic amines) is 1. The van der Waals surface area contributed by atoms with E-state index in [1.165, 1.54) is 0 Å². The standard InChI is InChI=1S/C15H17N3O4/c19-17(20)14-7-4-8-15(10-14,18(21)22)12-16(11-14)9-13-5-2-1-3-6-13/h1-7H,8-12H2/p+1/t14-,15-/m0/s1. The van der Waals surface area contributed by atoms with Crippen molar-refractivity contribution in [2.75, 3.05) is 13.1 Å². The number of fused-ring (bicyclic) bond motifs is 2. The van der Waals surface area contributed by atoms with Gasteiger partial charge in [0.05, 0.1) is 0 Å². The van der Waals surface area contributed by atoms with E-state index in [1.807, 2.05) is 30.3 Å². The van der Waals surface area contributed by atoms with Crippen LogP contribution < -0.4 is 4.90 Å². The summed E-state index contributed by atoms with van der Waals surface area (Å²) in [7, 11) is 0. The molecule has 1 heterocycles. The lowest BCUT2D eigenvalue weighted by Gasteiger charge is -2.41. The number of hydrogen-bond acceptors (Lipinski definition) is 4. The SMILES string of the molecule is O=[N+]([O-])[C@]12C=CC[C@@]([N+](=O)[O-])(C[NH+](Cc3ccccc3)C1)C2. The first-order valence-electron chi connectivity index (χ1n) is 7.30.